The van der Waals surface area contributed by atoms with Crippen LogP contribution in [0.15, 0.2) is 40.3 Å². The molecule has 2 heterocycles. The quantitative estimate of drug-likeness (QED) is 0.488. The zero-order valence-electron chi connectivity index (χ0n) is 14.9. The van der Waals surface area contributed by atoms with Gasteiger partial charge in [-0.2, -0.15) is 0 Å². The number of fused-ring (bicyclic) bond motifs is 1. The molecule has 0 aliphatic heterocycles. The Labute approximate surface area is 142 Å². The first-order valence-corrected chi connectivity index (χ1v) is 7.85. The van der Waals surface area contributed by atoms with E-state index in [0.29, 0.717) is 0 Å². The third kappa shape index (κ3) is 3.45. The van der Waals surface area contributed by atoms with Crippen molar-refractivity contribution in [3.63, 3.8) is 0 Å². The Morgan fingerprint density at radius 1 is 1.22 bits per heavy atom. The SMILES string of the molecule is B=C(/C(B)=C(B)\C(B)=C(\B)C)c1nn2ccnc2cc1C(C)N. The molecule has 1 atom stereocenters. The van der Waals surface area contributed by atoms with Gasteiger partial charge >= 0.3 is 142 Å². The summed E-state index contributed by atoms with van der Waals surface area (Å²) in [5.74, 6) is 0. The molecule has 2 aromatic heterocycles. The van der Waals surface area contributed by atoms with E-state index in [1.807, 2.05) is 19.2 Å². The second-order valence-corrected chi connectivity index (χ2v) is 6.32. The minimum atomic E-state index is -0.131. The van der Waals surface area contributed by atoms with Crippen LogP contribution < -0.4 is 5.73 Å². The molecule has 0 saturated heterocycles. The standard InChI is InChI=1S/C14H21B5N4/c1-6(15)10(16)11(17)12(18)13(19)14-8(7(2)20)5-9-21-3-4-23(9)22-14/h3-5,7,19H,15-18,20H2,1-2H3/b10-6-,12-11-. The van der Waals surface area contributed by atoms with Gasteiger partial charge in [-0.15, -0.1) is 0 Å². The molecular formula is C14H21B5N4. The normalized spacial score (nSPS) is 15.0. The average molecular weight is 299 g/mol. The van der Waals surface area contributed by atoms with Crippen LogP contribution in [-0.4, -0.2) is 58.9 Å². The molecule has 0 aromatic carbocycles. The Morgan fingerprint density at radius 2 is 1.87 bits per heavy atom. The topological polar surface area (TPSA) is 56.2 Å². The number of rotatable bonds is 4. The third-order valence-electron chi connectivity index (χ3n) is 4.52. The van der Waals surface area contributed by atoms with E-state index >= 15 is 0 Å². The van der Waals surface area contributed by atoms with Crippen molar-refractivity contribution < 1.29 is 0 Å². The number of nitrogens with two attached hydrogens (primary N) is 1. The first kappa shape index (κ1) is 17.6. The summed E-state index contributed by atoms with van der Waals surface area (Å²) >= 11 is 0. The molecule has 0 amide bonds. The number of allylic oxidation sites excluding steroid dienone is 4. The number of imidazole rings is 1. The fraction of sp³-hybridized carbons (Fsp3) is 0.214. The molecule has 2 N–H and O–H groups in total. The number of hydrogen-bond acceptors (Lipinski definition) is 3. The van der Waals surface area contributed by atoms with Crippen LogP contribution >= 0.6 is 0 Å². The zero-order valence-corrected chi connectivity index (χ0v) is 14.9. The van der Waals surface area contributed by atoms with E-state index in [1.54, 1.807) is 10.7 Å². The van der Waals surface area contributed by atoms with Crippen molar-refractivity contribution in [3.8, 4) is 0 Å². The summed E-state index contributed by atoms with van der Waals surface area (Å²) in [6, 6.07) is 1.86. The molecule has 23 heavy (non-hydrogen) atoms. The molecule has 4 nitrogen and oxygen atoms in total. The molecule has 2 aromatic rings. The molecule has 0 spiro atoms. The Balaban J connectivity index is 2.63. The van der Waals surface area contributed by atoms with E-state index in [0.717, 1.165) is 27.8 Å². The monoisotopic (exact) mass is 300 g/mol. The van der Waals surface area contributed by atoms with Crippen LogP contribution in [0, 0.1) is 0 Å². The van der Waals surface area contributed by atoms with Gasteiger partial charge in [0.25, 0.3) is 0 Å². The van der Waals surface area contributed by atoms with E-state index in [-0.39, 0.29) is 6.04 Å². The van der Waals surface area contributed by atoms with Gasteiger partial charge in [0, 0.05) is 0 Å². The van der Waals surface area contributed by atoms with Gasteiger partial charge in [-0.25, -0.2) is 0 Å². The summed E-state index contributed by atoms with van der Waals surface area (Å²) in [6.45, 7) is 4.08. The summed E-state index contributed by atoms with van der Waals surface area (Å²) in [7, 11) is 12.8. The maximum atomic E-state index is 6.15. The van der Waals surface area contributed by atoms with E-state index in [2.05, 4.69) is 55.9 Å². The van der Waals surface area contributed by atoms with Crippen molar-refractivity contribution in [2.45, 2.75) is 19.9 Å². The van der Waals surface area contributed by atoms with E-state index in [4.69, 9.17) is 5.73 Å². The molecule has 0 aliphatic rings. The Kier molecular flexibility index (Phi) is 5.20. The maximum absolute atomic E-state index is 6.15. The molecule has 9 heteroatoms. The van der Waals surface area contributed by atoms with Crippen LogP contribution in [0.2, 0.25) is 0 Å². The number of hydrogen-bond donors (Lipinski definition) is 1. The average Bonchev–Trinajstić information content (AvgIpc) is 2.97. The molecule has 0 radical (unpaired) electrons. The first-order valence-electron chi connectivity index (χ1n) is 7.85. The Bertz CT molecular complexity index is 831. The van der Waals surface area contributed by atoms with Crippen LogP contribution in [0.3, 0.4) is 0 Å². The van der Waals surface area contributed by atoms with E-state index in [1.165, 1.54) is 16.4 Å². The van der Waals surface area contributed by atoms with Gasteiger partial charge in [0.2, 0.25) is 0 Å². The van der Waals surface area contributed by atoms with Gasteiger partial charge in [0.1, 0.15) is 0 Å². The second kappa shape index (κ2) is 6.79. The second-order valence-electron chi connectivity index (χ2n) is 6.32. The van der Waals surface area contributed by atoms with Crippen LogP contribution in [0.4, 0.5) is 0 Å². The van der Waals surface area contributed by atoms with Crippen LogP contribution in [0.1, 0.15) is 31.1 Å². The molecule has 1 unspecified atom stereocenters. The summed E-state index contributed by atoms with van der Waals surface area (Å²) in [5, 5.41) is 4.69. The van der Waals surface area contributed by atoms with Crippen LogP contribution in [0.5, 0.6) is 0 Å². The molecule has 0 saturated carbocycles. The van der Waals surface area contributed by atoms with Crippen molar-refractivity contribution in [2.24, 2.45) is 5.73 Å². The third-order valence-corrected chi connectivity index (χ3v) is 4.52. The van der Waals surface area contributed by atoms with Crippen molar-refractivity contribution in [1.29, 1.82) is 0 Å². The summed E-state index contributed by atoms with van der Waals surface area (Å²) < 4.78 is 1.77. The predicted octanol–water partition coefficient (Wildman–Crippen LogP) is -2.85. The zero-order chi connectivity index (χ0) is 17.3. The molecular weight excluding hydrogens is 278 g/mol. The first-order chi connectivity index (χ1) is 10.7. The van der Waals surface area contributed by atoms with Crippen LogP contribution in [0.25, 0.3) is 5.65 Å². The van der Waals surface area contributed by atoms with E-state index in [9.17, 15) is 0 Å². The van der Waals surface area contributed by atoms with Crippen molar-refractivity contribution in [2.75, 3.05) is 0 Å². The van der Waals surface area contributed by atoms with Gasteiger partial charge in [-0.05, 0) is 0 Å². The van der Waals surface area contributed by atoms with Gasteiger partial charge in [-0.1, -0.05) is 0 Å². The molecule has 112 valence electrons. The number of nitrogens with zero attached hydrogens (tertiary/aromatic N) is 3. The van der Waals surface area contributed by atoms with Gasteiger partial charge < -0.3 is 0 Å². The molecule has 2 rings (SSSR count). The summed E-state index contributed by atoms with van der Waals surface area (Å²) in [6.07, 6.45) is 3.57. The van der Waals surface area contributed by atoms with Gasteiger partial charge in [0.15, 0.2) is 0 Å². The fourth-order valence-electron chi connectivity index (χ4n) is 2.51. The van der Waals surface area contributed by atoms with Crippen molar-refractivity contribution in [1.82, 2.24) is 14.6 Å². The van der Waals surface area contributed by atoms with Gasteiger partial charge in [0.05, 0.1) is 0 Å². The fourth-order valence-corrected chi connectivity index (χ4v) is 2.51. The molecule has 0 fully saturated rings. The van der Waals surface area contributed by atoms with E-state index < -0.39 is 0 Å². The van der Waals surface area contributed by atoms with Crippen LogP contribution in [-0.2, 0) is 0 Å². The molecule has 0 bridgehead atoms. The van der Waals surface area contributed by atoms with Crippen molar-refractivity contribution >= 4 is 50.0 Å². The summed E-state index contributed by atoms with van der Waals surface area (Å²) in [5.41, 5.74) is 14.6. The Morgan fingerprint density at radius 3 is 2.43 bits per heavy atom. The van der Waals surface area contributed by atoms with Crippen molar-refractivity contribution in [3.05, 3.63) is 51.6 Å². The minimum absolute atomic E-state index is 0.131. The summed E-state index contributed by atoms with van der Waals surface area (Å²) in [4.78, 5) is 4.29. The predicted molar refractivity (Wildman–Crippen MR) is 111 cm³/mol. The van der Waals surface area contributed by atoms with Gasteiger partial charge in [-0.3, -0.25) is 0 Å². The molecule has 0 aliphatic carbocycles. The Hall–Kier alpha value is -1.75. The number of aromatic nitrogens is 3.